The molecule has 0 saturated carbocycles. The summed E-state index contributed by atoms with van der Waals surface area (Å²) in [5.74, 6) is -0.337. The molecule has 2 aromatic rings. The van der Waals surface area contributed by atoms with Crippen molar-refractivity contribution in [2.24, 2.45) is 0 Å². The van der Waals surface area contributed by atoms with Crippen LogP contribution in [0.1, 0.15) is 22.9 Å². The fourth-order valence-corrected chi connectivity index (χ4v) is 1.72. The maximum atomic E-state index is 13.9. The van der Waals surface area contributed by atoms with Gasteiger partial charge in [0.2, 0.25) is 0 Å². The molecule has 1 atom stereocenters. The van der Waals surface area contributed by atoms with Crippen LogP contribution in [0.2, 0.25) is 0 Å². The topological polar surface area (TPSA) is 0 Å². The molecule has 0 aliphatic carbocycles. The first kappa shape index (κ1) is 11.8. The lowest BCUT2D eigenvalue weighted by Crippen LogP contribution is -1.97. The molecule has 0 bridgehead atoms. The molecule has 0 amide bonds. The van der Waals surface area contributed by atoms with E-state index < -0.39 is 6.17 Å². The van der Waals surface area contributed by atoms with Gasteiger partial charge in [-0.1, -0.05) is 42.0 Å². The van der Waals surface area contributed by atoms with Crippen molar-refractivity contribution >= 4 is 0 Å². The number of aryl methyl sites for hydroxylation is 1. The number of halogens is 2. The highest BCUT2D eigenvalue weighted by molar-refractivity contribution is 5.25. The fraction of sp³-hybridized carbons (Fsp3) is 0.200. The second-order valence-corrected chi connectivity index (χ2v) is 4.21. The van der Waals surface area contributed by atoms with Crippen LogP contribution in [0.4, 0.5) is 8.78 Å². The van der Waals surface area contributed by atoms with Crippen LogP contribution in [0.15, 0.2) is 48.5 Å². The van der Waals surface area contributed by atoms with E-state index in [9.17, 15) is 8.78 Å². The average Bonchev–Trinajstić information content (AvgIpc) is 2.33. The molecule has 0 heterocycles. The SMILES string of the molecule is Cc1ccc(CC(F)c2ccc(F)cc2)cc1. The lowest BCUT2D eigenvalue weighted by atomic mass is 10.0. The summed E-state index contributed by atoms with van der Waals surface area (Å²) in [7, 11) is 0. The van der Waals surface area contributed by atoms with Crippen molar-refractivity contribution in [1.82, 2.24) is 0 Å². The van der Waals surface area contributed by atoms with E-state index in [2.05, 4.69) is 0 Å². The minimum Gasteiger partial charge on any atom is -0.242 e. The van der Waals surface area contributed by atoms with Crippen LogP contribution < -0.4 is 0 Å². The molecule has 17 heavy (non-hydrogen) atoms. The largest absolute Gasteiger partial charge is 0.242 e. The summed E-state index contributed by atoms with van der Waals surface area (Å²) in [5, 5.41) is 0. The summed E-state index contributed by atoms with van der Waals surface area (Å²) >= 11 is 0. The van der Waals surface area contributed by atoms with Gasteiger partial charge in [0, 0.05) is 6.42 Å². The summed E-state index contributed by atoms with van der Waals surface area (Å²) in [4.78, 5) is 0. The van der Waals surface area contributed by atoms with Crippen LogP contribution in [0.25, 0.3) is 0 Å². The Labute approximate surface area is 99.9 Å². The van der Waals surface area contributed by atoms with Gasteiger partial charge in [-0.3, -0.25) is 0 Å². The summed E-state index contributed by atoms with van der Waals surface area (Å²) < 4.78 is 26.6. The van der Waals surface area contributed by atoms with Gasteiger partial charge in [-0.25, -0.2) is 8.78 Å². The number of rotatable bonds is 3. The van der Waals surface area contributed by atoms with Crippen molar-refractivity contribution in [3.05, 3.63) is 71.0 Å². The molecule has 0 nitrogen and oxygen atoms in total. The van der Waals surface area contributed by atoms with E-state index in [4.69, 9.17) is 0 Å². The third-order valence-corrected chi connectivity index (χ3v) is 2.77. The Morgan fingerprint density at radius 1 is 0.941 bits per heavy atom. The van der Waals surface area contributed by atoms with E-state index in [0.29, 0.717) is 12.0 Å². The van der Waals surface area contributed by atoms with Gasteiger partial charge in [-0.15, -0.1) is 0 Å². The van der Waals surface area contributed by atoms with Crippen molar-refractivity contribution in [1.29, 1.82) is 0 Å². The quantitative estimate of drug-likeness (QED) is 0.736. The highest BCUT2D eigenvalue weighted by Gasteiger charge is 2.10. The van der Waals surface area contributed by atoms with Gasteiger partial charge in [0.05, 0.1) is 0 Å². The zero-order valence-corrected chi connectivity index (χ0v) is 9.66. The van der Waals surface area contributed by atoms with Gasteiger partial charge in [-0.05, 0) is 30.2 Å². The van der Waals surface area contributed by atoms with Crippen molar-refractivity contribution in [2.75, 3.05) is 0 Å². The monoisotopic (exact) mass is 232 g/mol. The molecule has 0 N–H and O–H groups in total. The highest BCUT2D eigenvalue weighted by atomic mass is 19.1. The van der Waals surface area contributed by atoms with Crippen LogP contribution in [0.5, 0.6) is 0 Å². The van der Waals surface area contributed by atoms with Gasteiger partial charge < -0.3 is 0 Å². The summed E-state index contributed by atoms with van der Waals surface area (Å²) in [5.41, 5.74) is 2.63. The Balaban J connectivity index is 2.08. The molecule has 0 aliphatic heterocycles. The average molecular weight is 232 g/mol. The summed E-state index contributed by atoms with van der Waals surface area (Å²) in [6.07, 6.45) is -0.760. The van der Waals surface area contributed by atoms with E-state index in [1.807, 2.05) is 31.2 Å². The molecule has 2 aromatic carbocycles. The first-order valence-corrected chi connectivity index (χ1v) is 5.60. The first-order valence-electron chi connectivity index (χ1n) is 5.60. The zero-order valence-electron chi connectivity index (χ0n) is 9.66. The third-order valence-electron chi connectivity index (χ3n) is 2.77. The Bertz CT molecular complexity index is 471. The second-order valence-electron chi connectivity index (χ2n) is 4.21. The molecule has 0 saturated heterocycles. The Morgan fingerprint density at radius 2 is 1.53 bits per heavy atom. The first-order chi connectivity index (χ1) is 8.15. The molecule has 0 spiro atoms. The third kappa shape index (κ3) is 3.13. The number of alkyl halides is 1. The Morgan fingerprint density at radius 3 is 2.12 bits per heavy atom. The molecule has 1 unspecified atom stereocenters. The van der Waals surface area contributed by atoms with E-state index in [0.717, 1.165) is 11.1 Å². The van der Waals surface area contributed by atoms with E-state index >= 15 is 0 Å². The van der Waals surface area contributed by atoms with E-state index in [-0.39, 0.29) is 5.82 Å². The molecule has 2 rings (SSSR count). The smallest absolute Gasteiger partial charge is 0.129 e. The maximum Gasteiger partial charge on any atom is 0.129 e. The van der Waals surface area contributed by atoms with Crippen molar-refractivity contribution in [3.8, 4) is 0 Å². The minimum atomic E-state index is -1.08. The second kappa shape index (κ2) is 5.09. The predicted octanol–water partition coefficient (Wildman–Crippen LogP) is 4.39. The van der Waals surface area contributed by atoms with Crippen LogP contribution in [-0.2, 0) is 6.42 Å². The maximum absolute atomic E-state index is 13.9. The van der Waals surface area contributed by atoms with Gasteiger partial charge >= 0.3 is 0 Å². The summed E-state index contributed by atoms with van der Waals surface area (Å²) in [6, 6.07) is 13.3. The van der Waals surface area contributed by atoms with Gasteiger partial charge in [0.15, 0.2) is 0 Å². The van der Waals surface area contributed by atoms with E-state index in [1.54, 1.807) is 0 Å². The van der Waals surface area contributed by atoms with Crippen LogP contribution >= 0.6 is 0 Å². The lowest BCUT2D eigenvalue weighted by molar-refractivity contribution is 0.342. The van der Waals surface area contributed by atoms with Crippen LogP contribution in [0.3, 0.4) is 0 Å². The molecule has 0 radical (unpaired) electrons. The highest BCUT2D eigenvalue weighted by Crippen LogP contribution is 2.22. The number of benzene rings is 2. The zero-order chi connectivity index (χ0) is 12.3. The van der Waals surface area contributed by atoms with Crippen LogP contribution in [0, 0.1) is 12.7 Å². The van der Waals surface area contributed by atoms with Crippen molar-refractivity contribution < 1.29 is 8.78 Å². The Hall–Kier alpha value is -1.70. The number of hydrogen-bond donors (Lipinski definition) is 0. The normalized spacial score (nSPS) is 12.4. The standard InChI is InChI=1S/C15H14F2/c1-11-2-4-12(5-3-11)10-15(17)13-6-8-14(16)9-7-13/h2-9,15H,10H2,1H3. The molecular weight excluding hydrogens is 218 g/mol. The van der Waals surface area contributed by atoms with Crippen molar-refractivity contribution in [2.45, 2.75) is 19.5 Å². The molecule has 0 aliphatic rings. The predicted molar refractivity (Wildman–Crippen MR) is 65.1 cm³/mol. The van der Waals surface area contributed by atoms with Gasteiger partial charge in [0.1, 0.15) is 12.0 Å². The molecular formula is C15H14F2. The molecule has 0 aromatic heterocycles. The minimum absolute atomic E-state index is 0.325. The molecule has 0 fully saturated rings. The molecule has 2 heteroatoms. The van der Waals surface area contributed by atoms with Gasteiger partial charge in [-0.2, -0.15) is 0 Å². The molecule has 88 valence electrons. The van der Waals surface area contributed by atoms with Crippen molar-refractivity contribution in [3.63, 3.8) is 0 Å². The number of hydrogen-bond acceptors (Lipinski definition) is 0. The Kier molecular flexibility index (Phi) is 3.52. The van der Waals surface area contributed by atoms with Crippen LogP contribution in [-0.4, -0.2) is 0 Å². The van der Waals surface area contributed by atoms with Gasteiger partial charge in [0.25, 0.3) is 0 Å². The van der Waals surface area contributed by atoms with E-state index in [1.165, 1.54) is 24.3 Å². The summed E-state index contributed by atoms with van der Waals surface area (Å²) in [6.45, 7) is 2.00. The lowest BCUT2D eigenvalue weighted by Gasteiger charge is -2.08. The fourth-order valence-electron chi connectivity index (χ4n) is 1.72.